The largest absolute Gasteiger partial charge is 0.467 e. The Kier molecular flexibility index (Phi) is 7.22. The summed E-state index contributed by atoms with van der Waals surface area (Å²) in [5.41, 5.74) is 0.250. The van der Waals surface area contributed by atoms with E-state index in [2.05, 4.69) is 15.6 Å². The number of nitrogens with one attached hydrogen (secondary N) is 2. The van der Waals surface area contributed by atoms with Gasteiger partial charge < -0.3 is 19.8 Å². The Balaban J connectivity index is 1.62. The normalized spacial score (nSPS) is 11.5. The molecule has 2 N–H and O–H groups in total. The number of ether oxygens (including phenoxy) is 1. The number of furan rings is 1. The molecule has 0 spiro atoms. The Hall–Kier alpha value is -2.41. The Morgan fingerprint density at radius 1 is 1.25 bits per heavy atom. The first-order valence-electron chi connectivity index (χ1n) is 7.67. The SMILES string of the molecule is CN=C(NCCCOCc1ccco1)NCc1cc(F)ccc1F. The number of nitrogens with zero attached hydrogens (tertiary/aromatic N) is 1. The molecule has 0 amide bonds. The number of hydrogen-bond donors (Lipinski definition) is 2. The van der Waals surface area contributed by atoms with E-state index in [0.29, 0.717) is 25.7 Å². The summed E-state index contributed by atoms with van der Waals surface area (Å²) in [5, 5.41) is 6.03. The number of aliphatic imine (C=N–C) groups is 1. The van der Waals surface area contributed by atoms with Crippen LogP contribution in [0, 0.1) is 11.6 Å². The van der Waals surface area contributed by atoms with Gasteiger partial charge in [-0.05, 0) is 36.8 Å². The van der Waals surface area contributed by atoms with Gasteiger partial charge in [0.15, 0.2) is 5.96 Å². The van der Waals surface area contributed by atoms with Crippen LogP contribution in [0.25, 0.3) is 0 Å². The molecule has 130 valence electrons. The molecule has 1 aromatic heterocycles. The van der Waals surface area contributed by atoms with Gasteiger partial charge in [0.2, 0.25) is 0 Å². The molecule has 0 atom stereocenters. The van der Waals surface area contributed by atoms with Gasteiger partial charge in [-0.2, -0.15) is 0 Å². The fraction of sp³-hybridized carbons (Fsp3) is 0.353. The molecule has 24 heavy (non-hydrogen) atoms. The fourth-order valence-corrected chi connectivity index (χ4v) is 2.03. The third-order valence-electron chi connectivity index (χ3n) is 3.26. The van der Waals surface area contributed by atoms with Gasteiger partial charge in [0.1, 0.15) is 24.0 Å². The Morgan fingerprint density at radius 2 is 2.12 bits per heavy atom. The van der Waals surface area contributed by atoms with Crippen LogP contribution < -0.4 is 10.6 Å². The van der Waals surface area contributed by atoms with Crippen molar-refractivity contribution >= 4 is 5.96 Å². The van der Waals surface area contributed by atoms with Gasteiger partial charge in [-0.15, -0.1) is 0 Å². The predicted molar refractivity (Wildman–Crippen MR) is 87.5 cm³/mol. The van der Waals surface area contributed by atoms with Crippen molar-refractivity contribution in [3.63, 3.8) is 0 Å². The van der Waals surface area contributed by atoms with Gasteiger partial charge >= 0.3 is 0 Å². The first-order chi connectivity index (χ1) is 11.7. The molecule has 0 unspecified atom stereocenters. The highest BCUT2D eigenvalue weighted by Crippen LogP contribution is 2.09. The minimum atomic E-state index is -0.468. The minimum Gasteiger partial charge on any atom is -0.467 e. The van der Waals surface area contributed by atoms with E-state index in [-0.39, 0.29) is 12.1 Å². The number of halogens is 2. The monoisotopic (exact) mass is 337 g/mol. The molecule has 0 aliphatic carbocycles. The molecule has 0 saturated carbocycles. The molecule has 0 aliphatic heterocycles. The second-order valence-electron chi connectivity index (χ2n) is 5.07. The van der Waals surface area contributed by atoms with Crippen LogP contribution in [0.3, 0.4) is 0 Å². The van der Waals surface area contributed by atoms with E-state index in [1.807, 2.05) is 12.1 Å². The third-order valence-corrected chi connectivity index (χ3v) is 3.26. The highest BCUT2D eigenvalue weighted by molar-refractivity contribution is 5.79. The van der Waals surface area contributed by atoms with Crippen LogP contribution in [0.1, 0.15) is 17.7 Å². The lowest BCUT2D eigenvalue weighted by molar-refractivity contribution is 0.105. The lowest BCUT2D eigenvalue weighted by atomic mass is 10.2. The zero-order valence-electron chi connectivity index (χ0n) is 13.5. The summed E-state index contributed by atoms with van der Waals surface area (Å²) in [6, 6.07) is 7.04. The lowest BCUT2D eigenvalue weighted by Crippen LogP contribution is -2.37. The van der Waals surface area contributed by atoms with E-state index >= 15 is 0 Å². The third kappa shape index (κ3) is 6.00. The smallest absolute Gasteiger partial charge is 0.191 e. The highest BCUT2D eigenvalue weighted by Gasteiger charge is 2.05. The molecule has 7 heteroatoms. The van der Waals surface area contributed by atoms with Crippen molar-refractivity contribution in [2.24, 2.45) is 4.99 Å². The lowest BCUT2D eigenvalue weighted by Gasteiger charge is -2.12. The zero-order chi connectivity index (χ0) is 17.2. The van der Waals surface area contributed by atoms with E-state index in [1.54, 1.807) is 13.3 Å². The van der Waals surface area contributed by atoms with E-state index in [9.17, 15) is 8.78 Å². The molecule has 0 radical (unpaired) electrons. The molecule has 0 aliphatic rings. The van der Waals surface area contributed by atoms with Crippen LogP contribution in [-0.2, 0) is 17.9 Å². The van der Waals surface area contributed by atoms with Crippen LogP contribution >= 0.6 is 0 Å². The molecule has 0 fully saturated rings. The second kappa shape index (κ2) is 9.67. The standard InChI is InChI=1S/C17H21F2N3O2/c1-20-17(22-11-13-10-14(18)5-6-16(13)19)21-7-3-8-23-12-15-4-2-9-24-15/h2,4-6,9-10H,3,7-8,11-12H2,1H3,(H2,20,21,22). The maximum absolute atomic E-state index is 13.5. The van der Waals surface area contributed by atoms with Crippen molar-refractivity contribution in [1.29, 1.82) is 0 Å². The van der Waals surface area contributed by atoms with Crippen LogP contribution in [0.4, 0.5) is 8.78 Å². The van der Waals surface area contributed by atoms with Crippen LogP contribution in [-0.4, -0.2) is 26.2 Å². The van der Waals surface area contributed by atoms with Crippen molar-refractivity contribution in [3.8, 4) is 0 Å². The van der Waals surface area contributed by atoms with Gasteiger partial charge in [-0.25, -0.2) is 8.78 Å². The van der Waals surface area contributed by atoms with Crippen molar-refractivity contribution in [3.05, 3.63) is 59.6 Å². The highest BCUT2D eigenvalue weighted by atomic mass is 19.1. The minimum absolute atomic E-state index is 0.151. The summed E-state index contributed by atoms with van der Waals surface area (Å²) in [5.74, 6) is 0.387. The van der Waals surface area contributed by atoms with Crippen LogP contribution in [0.15, 0.2) is 46.0 Å². The zero-order valence-corrected chi connectivity index (χ0v) is 13.5. The van der Waals surface area contributed by atoms with Crippen LogP contribution in [0.5, 0.6) is 0 Å². The average Bonchev–Trinajstić information content (AvgIpc) is 3.09. The summed E-state index contributed by atoms with van der Waals surface area (Å²) in [4.78, 5) is 4.04. The average molecular weight is 337 g/mol. The van der Waals surface area contributed by atoms with Gasteiger partial charge in [0.25, 0.3) is 0 Å². The summed E-state index contributed by atoms with van der Waals surface area (Å²) in [7, 11) is 1.62. The van der Waals surface area contributed by atoms with Crippen molar-refractivity contribution in [2.45, 2.75) is 19.6 Å². The van der Waals surface area contributed by atoms with Crippen LogP contribution in [0.2, 0.25) is 0 Å². The predicted octanol–water partition coefficient (Wildman–Crippen LogP) is 2.83. The quantitative estimate of drug-likeness (QED) is 0.442. The molecular formula is C17H21F2N3O2. The first-order valence-corrected chi connectivity index (χ1v) is 7.67. The van der Waals surface area contributed by atoms with E-state index in [1.165, 1.54) is 0 Å². The van der Waals surface area contributed by atoms with Gasteiger partial charge in [-0.3, -0.25) is 4.99 Å². The molecule has 0 saturated heterocycles. The number of rotatable bonds is 8. The van der Waals surface area contributed by atoms with E-state index in [4.69, 9.17) is 9.15 Å². The molecule has 1 aromatic carbocycles. The van der Waals surface area contributed by atoms with Crippen molar-refractivity contribution < 1.29 is 17.9 Å². The van der Waals surface area contributed by atoms with E-state index in [0.717, 1.165) is 30.4 Å². The maximum Gasteiger partial charge on any atom is 0.191 e. The van der Waals surface area contributed by atoms with Crippen molar-refractivity contribution in [2.75, 3.05) is 20.2 Å². The molecular weight excluding hydrogens is 316 g/mol. The Bertz CT molecular complexity index is 645. The summed E-state index contributed by atoms with van der Waals surface area (Å²) in [6.07, 6.45) is 2.38. The molecule has 5 nitrogen and oxygen atoms in total. The Morgan fingerprint density at radius 3 is 2.88 bits per heavy atom. The van der Waals surface area contributed by atoms with Crippen molar-refractivity contribution in [1.82, 2.24) is 10.6 Å². The Labute approximate surface area is 139 Å². The number of guanidine groups is 1. The van der Waals surface area contributed by atoms with Gasteiger partial charge in [0, 0.05) is 32.3 Å². The fourth-order valence-electron chi connectivity index (χ4n) is 2.03. The van der Waals surface area contributed by atoms with Gasteiger partial charge in [-0.1, -0.05) is 0 Å². The summed E-state index contributed by atoms with van der Waals surface area (Å²) in [6.45, 7) is 1.81. The number of hydrogen-bond acceptors (Lipinski definition) is 3. The maximum atomic E-state index is 13.5. The topological polar surface area (TPSA) is 58.8 Å². The summed E-state index contributed by atoms with van der Waals surface area (Å²) < 4.78 is 37.3. The summed E-state index contributed by atoms with van der Waals surface area (Å²) >= 11 is 0. The molecule has 1 heterocycles. The molecule has 2 aromatic rings. The van der Waals surface area contributed by atoms with E-state index < -0.39 is 11.6 Å². The first kappa shape index (κ1) is 17.9. The second-order valence-corrected chi connectivity index (χ2v) is 5.07. The molecule has 0 bridgehead atoms. The molecule has 2 rings (SSSR count). The number of benzene rings is 1. The van der Waals surface area contributed by atoms with Gasteiger partial charge in [0.05, 0.1) is 6.26 Å².